The van der Waals surface area contributed by atoms with Crippen LogP contribution < -0.4 is 15.5 Å². The maximum atomic E-state index is 12.4. The summed E-state index contributed by atoms with van der Waals surface area (Å²) < 4.78 is 5.56. The normalized spacial score (nSPS) is 14.1. The Bertz CT molecular complexity index is 994. The Morgan fingerprint density at radius 1 is 1.07 bits per heavy atom. The molecule has 0 unspecified atom stereocenters. The number of thiocarbonyl (C=S) groups is 1. The van der Waals surface area contributed by atoms with E-state index in [1.807, 2.05) is 42.5 Å². The van der Waals surface area contributed by atoms with Crippen LogP contribution in [0.25, 0.3) is 11.0 Å². The molecule has 5 nitrogen and oxygen atoms in total. The van der Waals surface area contributed by atoms with Crippen LogP contribution in [0, 0.1) is 0 Å². The summed E-state index contributed by atoms with van der Waals surface area (Å²) in [6.45, 7) is 2.05. The molecular weight excluding hydrogens is 394 g/mol. The molecule has 0 bridgehead atoms. The summed E-state index contributed by atoms with van der Waals surface area (Å²) in [5.74, 6) is -0.187. The Morgan fingerprint density at radius 3 is 2.61 bits per heavy atom. The number of para-hydroxylation sites is 1. The first-order chi connectivity index (χ1) is 13.6. The summed E-state index contributed by atoms with van der Waals surface area (Å²) in [5, 5.41) is 7.36. The van der Waals surface area contributed by atoms with Gasteiger partial charge in [-0.05, 0) is 61.8 Å². The van der Waals surface area contributed by atoms with Crippen molar-refractivity contribution in [1.29, 1.82) is 0 Å². The second kappa shape index (κ2) is 8.20. The molecule has 0 atom stereocenters. The zero-order valence-corrected chi connectivity index (χ0v) is 16.8. The highest BCUT2D eigenvalue weighted by molar-refractivity contribution is 7.80. The van der Waals surface area contributed by atoms with Gasteiger partial charge in [-0.1, -0.05) is 29.8 Å². The average molecular weight is 414 g/mol. The van der Waals surface area contributed by atoms with Crippen molar-refractivity contribution >= 4 is 57.2 Å². The Hall–Kier alpha value is -2.57. The minimum atomic E-state index is -0.398. The fourth-order valence-electron chi connectivity index (χ4n) is 3.40. The summed E-state index contributed by atoms with van der Waals surface area (Å²) in [4.78, 5) is 14.7. The van der Waals surface area contributed by atoms with E-state index in [-0.39, 0.29) is 10.9 Å². The lowest BCUT2D eigenvalue weighted by Crippen LogP contribution is -2.34. The van der Waals surface area contributed by atoms with Gasteiger partial charge in [-0.25, -0.2) is 0 Å². The first kappa shape index (κ1) is 18.8. The van der Waals surface area contributed by atoms with Crippen molar-refractivity contribution in [3.05, 3.63) is 59.3 Å². The molecule has 7 heteroatoms. The van der Waals surface area contributed by atoms with Gasteiger partial charge in [0, 0.05) is 24.2 Å². The molecule has 3 aromatic rings. The molecule has 2 aromatic carbocycles. The molecule has 2 heterocycles. The van der Waals surface area contributed by atoms with Crippen LogP contribution in [0.1, 0.15) is 29.8 Å². The smallest absolute Gasteiger partial charge is 0.293 e. The van der Waals surface area contributed by atoms with E-state index in [1.165, 1.54) is 19.3 Å². The van der Waals surface area contributed by atoms with Crippen molar-refractivity contribution in [1.82, 2.24) is 5.32 Å². The number of hydrogen-bond acceptors (Lipinski definition) is 4. The number of hydrogen-bond donors (Lipinski definition) is 2. The molecule has 2 N–H and O–H groups in total. The summed E-state index contributed by atoms with van der Waals surface area (Å²) >= 11 is 11.7. The van der Waals surface area contributed by atoms with Crippen molar-refractivity contribution in [2.45, 2.75) is 19.3 Å². The lowest BCUT2D eigenvalue weighted by atomic mass is 10.1. The van der Waals surface area contributed by atoms with E-state index in [2.05, 4.69) is 15.5 Å². The molecule has 1 aliphatic rings. The van der Waals surface area contributed by atoms with Crippen molar-refractivity contribution in [3.63, 3.8) is 0 Å². The molecule has 144 valence electrons. The zero-order chi connectivity index (χ0) is 19.5. The van der Waals surface area contributed by atoms with E-state index in [9.17, 15) is 4.79 Å². The van der Waals surface area contributed by atoms with Crippen molar-refractivity contribution in [3.8, 4) is 0 Å². The summed E-state index contributed by atoms with van der Waals surface area (Å²) in [6, 6.07) is 14.9. The highest BCUT2D eigenvalue weighted by Crippen LogP contribution is 2.30. The van der Waals surface area contributed by atoms with Crippen LogP contribution in [0.3, 0.4) is 0 Å². The van der Waals surface area contributed by atoms with E-state index in [1.54, 1.807) is 6.07 Å². The van der Waals surface area contributed by atoms with Crippen LogP contribution in [0.5, 0.6) is 0 Å². The third-order valence-corrected chi connectivity index (χ3v) is 5.29. The average Bonchev–Trinajstić information content (AvgIpc) is 3.13. The van der Waals surface area contributed by atoms with E-state index in [0.717, 1.165) is 29.9 Å². The van der Waals surface area contributed by atoms with Crippen LogP contribution in [-0.2, 0) is 0 Å². The number of carbonyl (C=O) groups excluding carboxylic acids is 1. The third-order valence-electron chi connectivity index (χ3n) is 4.78. The standard InChI is InChI=1S/C21H20ClN3O2S/c22-16-13-15(8-9-17(16)25-10-4-1-5-11-25)23-21(28)24-20(26)19-12-14-6-2-3-7-18(14)27-19/h2-3,6-9,12-13H,1,4-5,10-11H2,(H2,23,24,26,28). The van der Waals surface area contributed by atoms with E-state index in [0.29, 0.717) is 10.6 Å². The second-order valence-corrected chi connectivity index (χ2v) is 7.59. The summed E-state index contributed by atoms with van der Waals surface area (Å²) in [6.07, 6.45) is 3.65. The van der Waals surface area contributed by atoms with Gasteiger partial charge in [0.1, 0.15) is 5.58 Å². The van der Waals surface area contributed by atoms with Gasteiger partial charge in [-0.2, -0.15) is 0 Å². The minimum Gasteiger partial charge on any atom is -0.451 e. The van der Waals surface area contributed by atoms with Gasteiger partial charge in [0.2, 0.25) is 0 Å². The molecule has 1 amide bonds. The first-order valence-electron chi connectivity index (χ1n) is 9.25. The minimum absolute atomic E-state index is 0.187. The SMILES string of the molecule is O=C(NC(=S)Nc1ccc(N2CCCCC2)c(Cl)c1)c1cc2ccccc2o1. The number of rotatable bonds is 3. The molecule has 1 aliphatic heterocycles. The Balaban J connectivity index is 1.40. The first-order valence-corrected chi connectivity index (χ1v) is 10.0. The maximum Gasteiger partial charge on any atom is 0.293 e. The lowest BCUT2D eigenvalue weighted by Gasteiger charge is -2.29. The van der Waals surface area contributed by atoms with Crippen molar-refractivity contribution < 1.29 is 9.21 Å². The van der Waals surface area contributed by atoms with Crippen LogP contribution in [0.15, 0.2) is 52.9 Å². The molecule has 28 heavy (non-hydrogen) atoms. The number of piperidine rings is 1. The van der Waals surface area contributed by atoms with Gasteiger partial charge in [-0.3, -0.25) is 10.1 Å². The predicted octanol–water partition coefficient (Wildman–Crippen LogP) is 5.20. The number of amides is 1. The zero-order valence-electron chi connectivity index (χ0n) is 15.2. The second-order valence-electron chi connectivity index (χ2n) is 6.77. The molecule has 1 aromatic heterocycles. The summed E-state index contributed by atoms with van der Waals surface area (Å²) in [7, 11) is 0. The topological polar surface area (TPSA) is 57.5 Å². The number of benzene rings is 2. The van der Waals surface area contributed by atoms with Gasteiger partial charge in [0.05, 0.1) is 10.7 Å². The maximum absolute atomic E-state index is 12.4. The van der Waals surface area contributed by atoms with Crippen LogP contribution in [0.2, 0.25) is 5.02 Å². The van der Waals surface area contributed by atoms with E-state index in [4.69, 9.17) is 28.2 Å². The molecule has 1 saturated heterocycles. The molecule has 0 aliphatic carbocycles. The Morgan fingerprint density at radius 2 is 1.86 bits per heavy atom. The van der Waals surface area contributed by atoms with Crippen LogP contribution >= 0.6 is 23.8 Å². The lowest BCUT2D eigenvalue weighted by molar-refractivity contribution is 0.0953. The predicted molar refractivity (Wildman–Crippen MR) is 117 cm³/mol. The number of halogens is 1. The van der Waals surface area contributed by atoms with Gasteiger partial charge in [0.25, 0.3) is 5.91 Å². The Labute approximate surface area is 173 Å². The molecular formula is C21H20ClN3O2S. The number of carbonyl (C=O) groups is 1. The fourth-order valence-corrected chi connectivity index (χ4v) is 3.91. The largest absolute Gasteiger partial charge is 0.451 e. The van der Waals surface area contributed by atoms with E-state index < -0.39 is 5.91 Å². The fraction of sp³-hybridized carbons (Fsp3) is 0.238. The van der Waals surface area contributed by atoms with Crippen LogP contribution in [0.4, 0.5) is 11.4 Å². The van der Waals surface area contributed by atoms with E-state index >= 15 is 0 Å². The van der Waals surface area contributed by atoms with Crippen LogP contribution in [-0.4, -0.2) is 24.1 Å². The number of furan rings is 1. The molecule has 4 rings (SSSR count). The number of nitrogens with one attached hydrogen (secondary N) is 2. The molecule has 0 saturated carbocycles. The van der Waals surface area contributed by atoms with Gasteiger partial charge >= 0.3 is 0 Å². The summed E-state index contributed by atoms with van der Waals surface area (Å²) in [5.41, 5.74) is 2.41. The van der Waals surface area contributed by atoms with Crippen molar-refractivity contribution in [2.24, 2.45) is 0 Å². The quantitative estimate of drug-likeness (QED) is 0.578. The number of fused-ring (bicyclic) bond motifs is 1. The highest BCUT2D eigenvalue weighted by atomic mass is 35.5. The Kier molecular flexibility index (Phi) is 5.50. The molecule has 0 spiro atoms. The number of anilines is 2. The van der Waals surface area contributed by atoms with Gasteiger partial charge in [-0.15, -0.1) is 0 Å². The monoisotopic (exact) mass is 413 g/mol. The molecule has 0 radical (unpaired) electrons. The van der Waals surface area contributed by atoms with Gasteiger partial charge in [0.15, 0.2) is 10.9 Å². The highest BCUT2D eigenvalue weighted by Gasteiger charge is 2.16. The molecule has 1 fully saturated rings. The number of nitrogens with zero attached hydrogens (tertiary/aromatic N) is 1. The van der Waals surface area contributed by atoms with Crippen molar-refractivity contribution in [2.75, 3.05) is 23.3 Å². The third kappa shape index (κ3) is 4.13. The van der Waals surface area contributed by atoms with Gasteiger partial charge < -0.3 is 14.6 Å².